The third kappa shape index (κ3) is 6.21. The Kier molecular flexibility index (Phi) is 7.78. The van der Waals surface area contributed by atoms with Gasteiger partial charge in [-0.3, -0.25) is 14.3 Å². The molecule has 0 saturated heterocycles. The summed E-state index contributed by atoms with van der Waals surface area (Å²) < 4.78 is 6.51. The van der Waals surface area contributed by atoms with E-state index in [1.165, 1.54) is 13.2 Å². The zero-order valence-corrected chi connectivity index (χ0v) is 17.2. The zero-order valence-electron chi connectivity index (χ0n) is 16.5. The van der Waals surface area contributed by atoms with Crippen LogP contribution in [0.25, 0.3) is 6.08 Å². The lowest BCUT2D eigenvalue weighted by molar-refractivity contribution is -0.119. The number of benzene rings is 1. The van der Waals surface area contributed by atoms with Crippen molar-refractivity contribution in [3.8, 4) is 0 Å². The van der Waals surface area contributed by atoms with Crippen molar-refractivity contribution in [2.24, 2.45) is 5.92 Å². The number of carbonyl (C=O) groups is 2. The van der Waals surface area contributed by atoms with Crippen LogP contribution in [0.1, 0.15) is 25.1 Å². The number of amides is 2. The SMILES string of the molecule is COCC(=O)Nc1ccc(NC(=O)/C=C/c2c(C)nn(CC(C)C)c2Cl)cc1. The summed E-state index contributed by atoms with van der Waals surface area (Å²) in [5, 5.41) is 10.4. The van der Waals surface area contributed by atoms with Gasteiger partial charge in [-0.05, 0) is 43.2 Å². The van der Waals surface area contributed by atoms with Crippen molar-refractivity contribution in [2.75, 3.05) is 24.4 Å². The fourth-order valence-corrected chi connectivity index (χ4v) is 2.84. The molecule has 2 amide bonds. The Morgan fingerprint density at radius 3 is 2.39 bits per heavy atom. The number of hydrogen-bond acceptors (Lipinski definition) is 4. The average Bonchev–Trinajstić information content (AvgIpc) is 2.88. The number of rotatable bonds is 8. The molecule has 0 aliphatic carbocycles. The largest absolute Gasteiger partial charge is 0.375 e. The van der Waals surface area contributed by atoms with E-state index in [1.807, 2.05) is 6.92 Å². The number of hydrogen-bond donors (Lipinski definition) is 2. The van der Waals surface area contributed by atoms with Gasteiger partial charge in [0.25, 0.3) is 0 Å². The van der Waals surface area contributed by atoms with E-state index >= 15 is 0 Å². The summed E-state index contributed by atoms with van der Waals surface area (Å²) in [4.78, 5) is 23.7. The molecule has 2 aromatic rings. The van der Waals surface area contributed by atoms with Gasteiger partial charge in [-0.15, -0.1) is 0 Å². The predicted octanol–water partition coefficient (Wildman–Crippen LogP) is 3.74. The van der Waals surface area contributed by atoms with Crippen molar-refractivity contribution in [3.63, 3.8) is 0 Å². The first-order chi connectivity index (χ1) is 13.3. The van der Waals surface area contributed by atoms with Crippen LogP contribution in [0.2, 0.25) is 5.15 Å². The Morgan fingerprint density at radius 2 is 1.82 bits per heavy atom. The van der Waals surface area contributed by atoms with Gasteiger partial charge in [0.05, 0.1) is 5.69 Å². The van der Waals surface area contributed by atoms with Gasteiger partial charge in [-0.1, -0.05) is 25.4 Å². The summed E-state index contributed by atoms with van der Waals surface area (Å²) in [5.41, 5.74) is 2.73. The Bertz CT molecular complexity index is 857. The molecule has 0 unspecified atom stereocenters. The number of ether oxygens (including phenoxy) is 1. The van der Waals surface area contributed by atoms with Gasteiger partial charge in [0, 0.05) is 36.7 Å². The van der Waals surface area contributed by atoms with E-state index in [9.17, 15) is 9.59 Å². The number of methoxy groups -OCH3 is 1. The lowest BCUT2D eigenvalue weighted by Gasteiger charge is -2.06. The van der Waals surface area contributed by atoms with E-state index in [0.717, 1.165) is 11.3 Å². The minimum Gasteiger partial charge on any atom is -0.375 e. The highest BCUT2D eigenvalue weighted by Crippen LogP contribution is 2.22. The van der Waals surface area contributed by atoms with Crippen LogP contribution in [0, 0.1) is 12.8 Å². The maximum atomic E-state index is 12.2. The third-order valence-corrected chi connectivity index (χ3v) is 4.16. The third-order valence-electron chi connectivity index (χ3n) is 3.76. The highest BCUT2D eigenvalue weighted by Gasteiger charge is 2.12. The minimum absolute atomic E-state index is 0.0149. The normalized spacial score (nSPS) is 11.2. The van der Waals surface area contributed by atoms with Gasteiger partial charge in [-0.25, -0.2) is 0 Å². The number of aromatic nitrogens is 2. The zero-order chi connectivity index (χ0) is 20.7. The first-order valence-corrected chi connectivity index (χ1v) is 9.28. The fraction of sp³-hybridized carbons (Fsp3) is 0.350. The van der Waals surface area contributed by atoms with Crippen molar-refractivity contribution < 1.29 is 14.3 Å². The maximum absolute atomic E-state index is 12.2. The van der Waals surface area contributed by atoms with E-state index in [0.29, 0.717) is 29.0 Å². The summed E-state index contributed by atoms with van der Waals surface area (Å²) in [5.74, 6) is -0.116. The van der Waals surface area contributed by atoms with E-state index in [-0.39, 0.29) is 18.4 Å². The number of nitrogens with zero attached hydrogens (tertiary/aromatic N) is 2. The van der Waals surface area contributed by atoms with Crippen LogP contribution in [0.15, 0.2) is 30.3 Å². The molecule has 8 heteroatoms. The molecule has 0 aliphatic rings. The van der Waals surface area contributed by atoms with Crippen LogP contribution in [0.5, 0.6) is 0 Å². The molecule has 1 aromatic carbocycles. The Hall–Kier alpha value is -2.64. The second kappa shape index (κ2) is 10.1. The van der Waals surface area contributed by atoms with Crippen molar-refractivity contribution >= 4 is 40.9 Å². The molecule has 0 saturated carbocycles. The van der Waals surface area contributed by atoms with Gasteiger partial charge in [-0.2, -0.15) is 5.10 Å². The molecule has 2 N–H and O–H groups in total. The van der Waals surface area contributed by atoms with Gasteiger partial charge in [0.1, 0.15) is 11.8 Å². The van der Waals surface area contributed by atoms with Gasteiger partial charge >= 0.3 is 0 Å². The number of halogens is 1. The van der Waals surface area contributed by atoms with Crippen molar-refractivity contribution in [3.05, 3.63) is 46.8 Å². The van der Waals surface area contributed by atoms with Gasteiger partial charge < -0.3 is 15.4 Å². The molecule has 28 heavy (non-hydrogen) atoms. The average molecular weight is 405 g/mol. The second-order valence-electron chi connectivity index (χ2n) is 6.75. The monoisotopic (exact) mass is 404 g/mol. The van der Waals surface area contributed by atoms with E-state index < -0.39 is 0 Å². The quantitative estimate of drug-likeness (QED) is 0.656. The summed E-state index contributed by atoms with van der Waals surface area (Å²) in [6.07, 6.45) is 3.08. The summed E-state index contributed by atoms with van der Waals surface area (Å²) >= 11 is 6.37. The molecular weight excluding hydrogens is 380 g/mol. The van der Waals surface area contributed by atoms with Crippen molar-refractivity contribution in [2.45, 2.75) is 27.3 Å². The molecule has 0 spiro atoms. The number of carbonyl (C=O) groups excluding carboxylic acids is 2. The molecule has 1 aromatic heterocycles. The molecule has 7 nitrogen and oxygen atoms in total. The lowest BCUT2D eigenvalue weighted by Crippen LogP contribution is -2.17. The smallest absolute Gasteiger partial charge is 0.250 e. The molecule has 0 fully saturated rings. The maximum Gasteiger partial charge on any atom is 0.250 e. The molecule has 2 rings (SSSR count). The molecular formula is C20H25ClN4O3. The molecule has 1 heterocycles. The Morgan fingerprint density at radius 1 is 1.21 bits per heavy atom. The topological polar surface area (TPSA) is 85.2 Å². The van der Waals surface area contributed by atoms with Crippen LogP contribution < -0.4 is 10.6 Å². The van der Waals surface area contributed by atoms with E-state index in [1.54, 1.807) is 35.0 Å². The summed E-state index contributed by atoms with van der Waals surface area (Å²) in [6, 6.07) is 6.80. The highest BCUT2D eigenvalue weighted by molar-refractivity contribution is 6.31. The van der Waals surface area contributed by atoms with E-state index in [2.05, 4.69) is 29.6 Å². The van der Waals surface area contributed by atoms with Crippen LogP contribution >= 0.6 is 11.6 Å². The standard InChI is InChI=1S/C20H25ClN4O3/c1-13(2)11-25-20(21)17(14(3)24-25)9-10-18(26)22-15-5-7-16(8-6-15)23-19(27)12-28-4/h5-10,13H,11-12H2,1-4H3,(H,22,26)(H,23,27)/b10-9+. The number of nitrogens with one attached hydrogen (secondary N) is 2. The molecule has 0 bridgehead atoms. The summed E-state index contributed by atoms with van der Waals surface area (Å²) in [6.45, 7) is 6.73. The Labute approximate surface area is 169 Å². The Balaban J connectivity index is 1.98. The molecule has 150 valence electrons. The van der Waals surface area contributed by atoms with Crippen LogP contribution in [0.4, 0.5) is 11.4 Å². The van der Waals surface area contributed by atoms with Crippen molar-refractivity contribution in [1.29, 1.82) is 0 Å². The second-order valence-corrected chi connectivity index (χ2v) is 7.10. The summed E-state index contributed by atoms with van der Waals surface area (Å²) in [7, 11) is 1.45. The van der Waals surface area contributed by atoms with E-state index in [4.69, 9.17) is 16.3 Å². The fourth-order valence-electron chi connectivity index (χ4n) is 2.53. The molecule has 0 atom stereocenters. The predicted molar refractivity (Wildman–Crippen MR) is 111 cm³/mol. The first-order valence-electron chi connectivity index (χ1n) is 8.91. The number of aryl methyl sites for hydroxylation is 1. The van der Waals surface area contributed by atoms with Gasteiger partial charge in [0.2, 0.25) is 11.8 Å². The number of anilines is 2. The first kappa shape index (κ1) is 21.7. The van der Waals surface area contributed by atoms with Crippen LogP contribution in [-0.4, -0.2) is 35.3 Å². The molecule has 0 aliphatic heterocycles. The minimum atomic E-state index is -0.289. The van der Waals surface area contributed by atoms with Gasteiger partial charge in [0.15, 0.2) is 0 Å². The van der Waals surface area contributed by atoms with Crippen LogP contribution in [-0.2, 0) is 20.9 Å². The highest BCUT2D eigenvalue weighted by atomic mass is 35.5. The van der Waals surface area contributed by atoms with Crippen molar-refractivity contribution in [1.82, 2.24) is 9.78 Å². The van der Waals surface area contributed by atoms with Crippen LogP contribution in [0.3, 0.4) is 0 Å². The lowest BCUT2D eigenvalue weighted by atomic mass is 10.2. The molecule has 0 radical (unpaired) electrons.